The molecule has 2 aliphatic carbocycles. The second-order valence-corrected chi connectivity index (χ2v) is 20.1. The number of ether oxygens (including phenoxy) is 2. The number of nitrogens with zero attached hydrogens (tertiary/aromatic N) is 4. The first-order chi connectivity index (χ1) is 30.6. The number of carbonyl (C=O) groups excluding carboxylic acids is 1. The Morgan fingerprint density at radius 1 is 0.937 bits per heavy atom. The lowest BCUT2D eigenvalue weighted by Crippen LogP contribution is -2.55. The fourth-order valence-corrected chi connectivity index (χ4v) is 11.8. The van der Waals surface area contributed by atoms with E-state index < -0.39 is 31.4 Å². The van der Waals surface area contributed by atoms with Gasteiger partial charge in [0.05, 0.1) is 21.6 Å². The molecule has 15 heteroatoms. The van der Waals surface area contributed by atoms with Crippen LogP contribution < -0.4 is 19.7 Å². The highest BCUT2D eigenvalue weighted by Gasteiger charge is 2.50. The number of nitrogens with one attached hydrogen (secondary N) is 3. The van der Waals surface area contributed by atoms with E-state index in [4.69, 9.17) is 9.47 Å². The number of likely N-dealkylation sites (tertiary alicyclic amines) is 1. The van der Waals surface area contributed by atoms with Gasteiger partial charge in [0.25, 0.3) is 21.6 Å². The molecule has 1 amide bonds. The topological polar surface area (TPSA) is 172 Å². The summed E-state index contributed by atoms with van der Waals surface area (Å²) in [4.78, 5) is 37.7. The molecule has 3 N–H and O–H groups in total. The van der Waals surface area contributed by atoms with Gasteiger partial charge in [-0.2, -0.15) is 0 Å². The third kappa shape index (κ3) is 8.50. The Labute approximate surface area is 367 Å². The first-order valence-electron chi connectivity index (χ1n) is 22.6. The first-order valence-corrected chi connectivity index (χ1v) is 24.1. The monoisotopic (exact) mass is 873 g/mol. The Hall–Kier alpha value is -5.51. The Morgan fingerprint density at radius 3 is 2.49 bits per heavy atom. The average Bonchev–Trinajstić information content (AvgIpc) is 3.95. The lowest BCUT2D eigenvalue weighted by molar-refractivity contribution is -0.384. The van der Waals surface area contributed by atoms with E-state index in [9.17, 15) is 23.3 Å². The van der Waals surface area contributed by atoms with Crippen LogP contribution in [0.5, 0.6) is 11.5 Å². The summed E-state index contributed by atoms with van der Waals surface area (Å²) in [6.07, 6.45) is 16.0. The third-order valence-electron chi connectivity index (χ3n) is 14.6. The van der Waals surface area contributed by atoms with Crippen molar-refractivity contribution in [3.8, 4) is 11.5 Å². The van der Waals surface area contributed by atoms with Crippen molar-refractivity contribution in [3.05, 3.63) is 112 Å². The fourth-order valence-electron chi connectivity index (χ4n) is 10.8. The summed E-state index contributed by atoms with van der Waals surface area (Å²) in [7, 11) is -4.54. The van der Waals surface area contributed by atoms with E-state index in [1.165, 1.54) is 63.6 Å². The van der Waals surface area contributed by atoms with Crippen molar-refractivity contribution in [1.29, 1.82) is 0 Å². The summed E-state index contributed by atoms with van der Waals surface area (Å²) in [5.74, 6) is 0.633. The highest BCUT2D eigenvalue weighted by Crippen LogP contribution is 2.55. The summed E-state index contributed by atoms with van der Waals surface area (Å²) in [6, 6.07) is 22.8. The van der Waals surface area contributed by atoms with Crippen LogP contribution in [0.3, 0.4) is 0 Å². The van der Waals surface area contributed by atoms with E-state index in [0.717, 1.165) is 61.8 Å². The van der Waals surface area contributed by atoms with Crippen LogP contribution in [0.15, 0.2) is 90.1 Å². The summed E-state index contributed by atoms with van der Waals surface area (Å²) < 4.78 is 41.3. The summed E-state index contributed by atoms with van der Waals surface area (Å²) in [5, 5.41) is 16.0. The van der Waals surface area contributed by atoms with Gasteiger partial charge in [0.2, 0.25) is 0 Å². The minimum atomic E-state index is -4.54. The fraction of sp³-hybridized carbons (Fsp3) is 0.458. The number of sulfonamides is 1. The van der Waals surface area contributed by atoms with Crippen LogP contribution in [-0.4, -0.2) is 79.6 Å². The molecule has 330 valence electrons. The predicted octanol–water partition coefficient (Wildman–Crippen LogP) is 9.07. The number of rotatable bonds is 13. The molecule has 5 fully saturated rings. The van der Waals surface area contributed by atoms with Crippen LogP contribution in [0.1, 0.15) is 104 Å². The molecule has 63 heavy (non-hydrogen) atoms. The Kier molecular flexibility index (Phi) is 11.3. The van der Waals surface area contributed by atoms with Crippen molar-refractivity contribution >= 4 is 44.0 Å². The highest BCUT2D eigenvalue weighted by atomic mass is 32.2. The van der Waals surface area contributed by atoms with Crippen molar-refractivity contribution in [2.24, 2.45) is 11.3 Å². The number of piperidine rings is 1. The second kappa shape index (κ2) is 17.2. The number of carbonyl (C=O) groups is 1. The van der Waals surface area contributed by atoms with Gasteiger partial charge in [0, 0.05) is 74.3 Å². The quantitative estimate of drug-likeness (QED) is 0.0761. The molecule has 1 atom stereocenters. The molecule has 3 saturated heterocycles. The smallest absolute Gasteiger partial charge is 0.293 e. The number of hydrogen-bond donors (Lipinski definition) is 3. The molecule has 5 heterocycles. The molecule has 10 rings (SSSR count). The summed E-state index contributed by atoms with van der Waals surface area (Å²) in [5.41, 5.74) is 4.83. The van der Waals surface area contributed by atoms with Gasteiger partial charge in [-0.25, -0.2) is 18.1 Å². The maximum absolute atomic E-state index is 14.0. The summed E-state index contributed by atoms with van der Waals surface area (Å²) >= 11 is 0. The van der Waals surface area contributed by atoms with E-state index in [1.54, 1.807) is 41.7 Å². The van der Waals surface area contributed by atoms with E-state index in [0.29, 0.717) is 48.7 Å². The average molecular weight is 874 g/mol. The number of fused-ring (bicyclic) bond motifs is 1. The molecular formula is C48H55N7O7S. The number of anilines is 2. The van der Waals surface area contributed by atoms with Gasteiger partial charge in [-0.1, -0.05) is 30.7 Å². The minimum absolute atomic E-state index is 0.00453. The van der Waals surface area contributed by atoms with E-state index in [2.05, 4.69) is 54.1 Å². The molecule has 1 spiro atoms. The number of H-pyrrole nitrogens is 1. The van der Waals surface area contributed by atoms with Crippen molar-refractivity contribution in [3.63, 3.8) is 0 Å². The number of nitro groups is 1. The van der Waals surface area contributed by atoms with Gasteiger partial charge in [-0.15, -0.1) is 0 Å². The van der Waals surface area contributed by atoms with Crippen LogP contribution in [0.4, 0.5) is 17.1 Å². The van der Waals surface area contributed by atoms with Gasteiger partial charge in [0.1, 0.15) is 22.8 Å². The number of pyridine rings is 1. The number of aromatic nitrogens is 2. The molecule has 5 aromatic rings. The normalized spacial score (nSPS) is 21.0. The molecule has 2 aromatic heterocycles. The molecule has 3 aromatic carbocycles. The molecule has 2 saturated carbocycles. The molecule has 0 radical (unpaired) electrons. The second-order valence-electron chi connectivity index (χ2n) is 18.4. The van der Waals surface area contributed by atoms with Gasteiger partial charge in [-0.05, 0) is 136 Å². The zero-order valence-corrected chi connectivity index (χ0v) is 36.3. The molecule has 3 aliphatic heterocycles. The number of aromatic amines is 1. The number of nitro benzene ring substituents is 1. The largest absolute Gasteiger partial charge is 0.455 e. The van der Waals surface area contributed by atoms with Crippen molar-refractivity contribution in [1.82, 2.24) is 19.6 Å². The van der Waals surface area contributed by atoms with Gasteiger partial charge >= 0.3 is 0 Å². The number of amides is 1. The molecule has 14 nitrogen and oxygen atoms in total. The van der Waals surface area contributed by atoms with Crippen molar-refractivity contribution < 1.29 is 27.6 Å². The highest BCUT2D eigenvalue weighted by molar-refractivity contribution is 7.90. The van der Waals surface area contributed by atoms with Crippen LogP contribution in [0, 0.1) is 21.4 Å². The Balaban J connectivity index is 0.838. The first kappa shape index (κ1) is 41.5. The van der Waals surface area contributed by atoms with E-state index in [-0.39, 0.29) is 22.9 Å². The van der Waals surface area contributed by atoms with Crippen molar-refractivity contribution in [2.75, 3.05) is 49.6 Å². The SMILES string of the molecule is O=C(NS(=O)(=O)c1ccc(NCC2CCOCC2)c([N+](=O)[O-])c1)c1ccc(N2CCC3(CC2)CC(N2CCC[C@H]2c2ccccc2C2CCC2)C3)cc1Oc1cnc2[nH]ccc2c1. The van der Waals surface area contributed by atoms with Gasteiger partial charge < -0.3 is 24.7 Å². The molecular weight excluding hydrogens is 819 g/mol. The van der Waals surface area contributed by atoms with E-state index >= 15 is 0 Å². The molecule has 0 bridgehead atoms. The Morgan fingerprint density at radius 2 is 1.73 bits per heavy atom. The summed E-state index contributed by atoms with van der Waals surface area (Å²) in [6.45, 7) is 4.65. The van der Waals surface area contributed by atoms with Gasteiger partial charge in [0.15, 0.2) is 0 Å². The van der Waals surface area contributed by atoms with Gasteiger partial charge in [-0.3, -0.25) is 19.8 Å². The lowest BCUT2D eigenvalue weighted by atomic mass is 9.59. The lowest BCUT2D eigenvalue weighted by Gasteiger charge is -2.56. The standard InChI is InChI=1S/C48H55N7O7S/c56-47(52-63(59,60)38-11-13-42(44(27-38)55(57)58)50-30-32-15-23-61-24-16-32)41-12-10-35(26-45(41)62-37-25-34-14-19-49-46(34)51-31-37)53-21-17-48(18-22-53)28-36(29-48)54-20-4-9-43(54)40-8-2-1-7-39(40)33-5-3-6-33/h1-2,7-8,10-14,19,25-27,31-33,36,43,50H,3-6,9,15-18,20-24,28-30H2,(H,49,51)(H,52,56)/t43-/m0/s1. The van der Waals surface area contributed by atoms with E-state index in [1.807, 2.05) is 12.1 Å². The van der Waals surface area contributed by atoms with Crippen LogP contribution in [0.25, 0.3) is 11.0 Å². The molecule has 0 unspecified atom stereocenters. The zero-order chi connectivity index (χ0) is 43.1. The number of hydrogen-bond acceptors (Lipinski definition) is 11. The minimum Gasteiger partial charge on any atom is -0.455 e. The zero-order valence-electron chi connectivity index (χ0n) is 35.5. The molecule has 5 aliphatic rings. The Bertz CT molecular complexity index is 2610. The maximum Gasteiger partial charge on any atom is 0.293 e. The third-order valence-corrected chi connectivity index (χ3v) is 16.0. The number of benzene rings is 3. The van der Waals surface area contributed by atoms with Crippen LogP contribution >= 0.6 is 0 Å². The maximum atomic E-state index is 14.0. The van der Waals surface area contributed by atoms with Crippen LogP contribution in [0.2, 0.25) is 0 Å². The predicted molar refractivity (Wildman–Crippen MR) is 241 cm³/mol. The van der Waals surface area contributed by atoms with Crippen molar-refractivity contribution in [2.45, 2.75) is 93.5 Å². The van der Waals surface area contributed by atoms with Crippen LogP contribution in [-0.2, 0) is 14.8 Å².